The van der Waals surface area contributed by atoms with Gasteiger partial charge in [-0.1, -0.05) is 0 Å². The van der Waals surface area contributed by atoms with Gasteiger partial charge in [-0.15, -0.1) is 0 Å². The number of amides is 3. The van der Waals surface area contributed by atoms with Crippen molar-refractivity contribution >= 4 is 33.2 Å². The van der Waals surface area contributed by atoms with Crippen molar-refractivity contribution in [2.75, 3.05) is 28.3 Å². The van der Waals surface area contributed by atoms with E-state index in [1.807, 2.05) is 0 Å². The molecule has 0 spiro atoms. The van der Waals surface area contributed by atoms with Gasteiger partial charge in [0.05, 0.1) is 11.5 Å². The summed E-state index contributed by atoms with van der Waals surface area (Å²) < 4.78 is 22.7. The minimum Gasteiger partial charge on any atom is -0.334 e. The summed E-state index contributed by atoms with van der Waals surface area (Å²) in [5, 5.41) is 5.34. The normalized spacial score (nSPS) is 23.0. The van der Waals surface area contributed by atoms with E-state index in [4.69, 9.17) is 0 Å². The van der Waals surface area contributed by atoms with Crippen LogP contribution < -0.4 is 15.5 Å². The lowest BCUT2D eigenvalue weighted by molar-refractivity contribution is -0.117. The van der Waals surface area contributed by atoms with E-state index in [0.29, 0.717) is 18.5 Å². The van der Waals surface area contributed by atoms with Gasteiger partial charge < -0.3 is 15.5 Å². The van der Waals surface area contributed by atoms with Crippen molar-refractivity contribution in [3.05, 3.63) is 24.3 Å². The average molecular weight is 337 g/mol. The maximum absolute atomic E-state index is 11.9. The maximum atomic E-state index is 11.9. The second-order valence-corrected chi connectivity index (χ2v) is 8.12. The molecule has 2 aliphatic rings. The first kappa shape index (κ1) is 15.8. The second-order valence-electron chi connectivity index (χ2n) is 5.89. The number of nitrogens with one attached hydrogen (secondary N) is 2. The highest BCUT2D eigenvalue weighted by Crippen LogP contribution is 2.23. The van der Waals surface area contributed by atoms with Gasteiger partial charge in [0.1, 0.15) is 0 Å². The molecule has 1 atom stereocenters. The van der Waals surface area contributed by atoms with E-state index in [2.05, 4.69) is 10.6 Å². The summed E-state index contributed by atoms with van der Waals surface area (Å²) in [5.41, 5.74) is 1.42. The number of hydrogen-bond acceptors (Lipinski definition) is 4. The van der Waals surface area contributed by atoms with Crippen LogP contribution >= 0.6 is 0 Å². The molecule has 1 aromatic carbocycles. The number of nitrogens with zero attached hydrogens (tertiary/aromatic N) is 1. The van der Waals surface area contributed by atoms with Gasteiger partial charge in [-0.3, -0.25) is 4.79 Å². The molecule has 0 saturated carbocycles. The van der Waals surface area contributed by atoms with Crippen molar-refractivity contribution in [1.29, 1.82) is 0 Å². The van der Waals surface area contributed by atoms with E-state index in [-0.39, 0.29) is 23.5 Å². The smallest absolute Gasteiger partial charge is 0.319 e. The first-order chi connectivity index (χ1) is 10.9. The number of carbonyl (C=O) groups is 2. The Balaban J connectivity index is 1.56. The number of anilines is 2. The van der Waals surface area contributed by atoms with Crippen molar-refractivity contribution < 1.29 is 18.0 Å². The maximum Gasteiger partial charge on any atom is 0.319 e. The van der Waals surface area contributed by atoms with Gasteiger partial charge >= 0.3 is 6.03 Å². The minimum absolute atomic E-state index is 0.00354. The average Bonchev–Trinajstić information content (AvgIpc) is 3.05. The van der Waals surface area contributed by atoms with Crippen LogP contribution in [0.3, 0.4) is 0 Å². The zero-order valence-electron chi connectivity index (χ0n) is 12.6. The van der Waals surface area contributed by atoms with Gasteiger partial charge in [-0.25, -0.2) is 13.2 Å². The van der Waals surface area contributed by atoms with Gasteiger partial charge in [0.2, 0.25) is 5.91 Å². The van der Waals surface area contributed by atoms with Crippen LogP contribution in [0.2, 0.25) is 0 Å². The first-order valence-electron chi connectivity index (χ1n) is 7.61. The molecule has 0 unspecified atom stereocenters. The number of rotatable bonds is 3. The largest absolute Gasteiger partial charge is 0.334 e. The van der Waals surface area contributed by atoms with Gasteiger partial charge in [-0.05, 0) is 37.1 Å². The Morgan fingerprint density at radius 3 is 2.52 bits per heavy atom. The van der Waals surface area contributed by atoms with Crippen LogP contribution in [0.25, 0.3) is 0 Å². The Labute approximate surface area is 135 Å². The number of carbonyl (C=O) groups excluding carboxylic acids is 2. The van der Waals surface area contributed by atoms with Gasteiger partial charge in [0.25, 0.3) is 0 Å². The molecule has 3 amide bonds. The SMILES string of the molecule is O=C(Nc1ccc(N2CCCC2=O)cc1)N[C@@H]1CCS(=O)(=O)C1. The number of benzene rings is 1. The number of hydrogen-bond donors (Lipinski definition) is 2. The number of urea groups is 1. The van der Waals surface area contributed by atoms with Crippen LogP contribution in [0, 0.1) is 0 Å². The molecular weight excluding hydrogens is 318 g/mol. The molecule has 2 heterocycles. The predicted octanol–water partition coefficient (Wildman–Crippen LogP) is 1.12. The van der Waals surface area contributed by atoms with Crippen LogP contribution in [0.1, 0.15) is 19.3 Å². The molecule has 23 heavy (non-hydrogen) atoms. The topological polar surface area (TPSA) is 95.6 Å². The molecule has 8 heteroatoms. The molecule has 7 nitrogen and oxygen atoms in total. The lowest BCUT2D eigenvalue weighted by atomic mass is 10.2. The van der Waals surface area contributed by atoms with Crippen molar-refractivity contribution in [1.82, 2.24) is 5.32 Å². The third-order valence-corrected chi connectivity index (χ3v) is 5.85. The summed E-state index contributed by atoms with van der Waals surface area (Å²) in [6, 6.07) is 6.29. The lowest BCUT2D eigenvalue weighted by Crippen LogP contribution is -2.38. The van der Waals surface area contributed by atoms with Gasteiger partial charge in [-0.2, -0.15) is 0 Å². The molecule has 3 rings (SSSR count). The summed E-state index contributed by atoms with van der Waals surface area (Å²) in [6.07, 6.45) is 1.89. The van der Waals surface area contributed by atoms with Crippen molar-refractivity contribution in [2.45, 2.75) is 25.3 Å². The highest BCUT2D eigenvalue weighted by molar-refractivity contribution is 7.91. The third kappa shape index (κ3) is 3.82. The van der Waals surface area contributed by atoms with Crippen molar-refractivity contribution in [2.24, 2.45) is 0 Å². The molecule has 0 bridgehead atoms. The van der Waals surface area contributed by atoms with Crippen LogP contribution in [-0.2, 0) is 14.6 Å². The lowest BCUT2D eigenvalue weighted by Gasteiger charge is -2.16. The Morgan fingerprint density at radius 1 is 1.22 bits per heavy atom. The molecule has 0 aromatic heterocycles. The standard InChI is InChI=1S/C15H19N3O4S/c19-14-2-1-8-18(14)13-5-3-11(4-6-13)16-15(20)17-12-7-9-23(21,22)10-12/h3-6,12H,1-2,7-10H2,(H2,16,17,20)/t12-/m1/s1. The molecule has 0 aliphatic carbocycles. The molecule has 2 aliphatic heterocycles. The number of sulfone groups is 1. The Bertz CT molecular complexity index is 715. The summed E-state index contributed by atoms with van der Waals surface area (Å²) in [7, 11) is -3.01. The van der Waals surface area contributed by atoms with Crippen LogP contribution in [0.5, 0.6) is 0 Å². The second kappa shape index (κ2) is 6.19. The quantitative estimate of drug-likeness (QED) is 0.864. The summed E-state index contributed by atoms with van der Waals surface area (Å²) in [4.78, 5) is 25.3. The van der Waals surface area contributed by atoms with E-state index >= 15 is 0 Å². The predicted molar refractivity (Wildman–Crippen MR) is 87.2 cm³/mol. The van der Waals surface area contributed by atoms with Crippen LogP contribution in [-0.4, -0.2) is 44.4 Å². The Morgan fingerprint density at radius 2 is 1.96 bits per heavy atom. The summed E-state index contributed by atoms with van der Waals surface area (Å²) in [5.74, 6) is 0.235. The monoisotopic (exact) mass is 337 g/mol. The van der Waals surface area contributed by atoms with Crippen molar-refractivity contribution in [3.8, 4) is 0 Å². The van der Waals surface area contributed by atoms with E-state index in [9.17, 15) is 18.0 Å². The fourth-order valence-corrected chi connectivity index (χ4v) is 4.58. The molecule has 124 valence electrons. The van der Waals surface area contributed by atoms with Crippen molar-refractivity contribution in [3.63, 3.8) is 0 Å². The fourth-order valence-electron chi connectivity index (χ4n) is 2.91. The molecule has 2 saturated heterocycles. The summed E-state index contributed by atoms with van der Waals surface area (Å²) in [6.45, 7) is 0.724. The Kier molecular flexibility index (Phi) is 4.25. The molecule has 2 N–H and O–H groups in total. The zero-order chi connectivity index (χ0) is 16.4. The van der Waals surface area contributed by atoms with Crippen LogP contribution in [0.15, 0.2) is 24.3 Å². The van der Waals surface area contributed by atoms with E-state index in [0.717, 1.165) is 18.7 Å². The third-order valence-electron chi connectivity index (χ3n) is 4.08. The fraction of sp³-hybridized carbons (Fsp3) is 0.467. The van der Waals surface area contributed by atoms with Crippen LogP contribution in [0.4, 0.5) is 16.2 Å². The molecule has 2 fully saturated rings. The highest BCUT2D eigenvalue weighted by atomic mass is 32.2. The van der Waals surface area contributed by atoms with E-state index < -0.39 is 15.9 Å². The van der Waals surface area contributed by atoms with E-state index in [1.54, 1.807) is 29.2 Å². The molecule has 0 radical (unpaired) electrons. The zero-order valence-corrected chi connectivity index (χ0v) is 13.4. The minimum atomic E-state index is -3.01. The molecular formula is C15H19N3O4S. The highest BCUT2D eigenvalue weighted by Gasteiger charge is 2.29. The van der Waals surface area contributed by atoms with E-state index in [1.165, 1.54) is 0 Å². The first-order valence-corrected chi connectivity index (χ1v) is 9.43. The molecule has 1 aromatic rings. The van der Waals surface area contributed by atoms with Gasteiger partial charge in [0, 0.05) is 30.4 Å². The summed E-state index contributed by atoms with van der Waals surface area (Å²) >= 11 is 0. The van der Waals surface area contributed by atoms with Gasteiger partial charge in [0.15, 0.2) is 9.84 Å². The Hall–Kier alpha value is -2.09.